The van der Waals surface area contributed by atoms with E-state index in [9.17, 15) is 9.36 Å². The first-order chi connectivity index (χ1) is 17.7. The summed E-state index contributed by atoms with van der Waals surface area (Å²) >= 11 is 1.21. The van der Waals surface area contributed by atoms with Crippen molar-refractivity contribution in [3.63, 3.8) is 0 Å². The van der Waals surface area contributed by atoms with Gasteiger partial charge in [-0.05, 0) is 43.3 Å². The molecule has 2 aromatic heterocycles. The van der Waals surface area contributed by atoms with E-state index in [2.05, 4.69) is 25.8 Å². The number of carbonyl (C=O) groups is 1. The third-order valence-electron chi connectivity index (χ3n) is 4.74. The van der Waals surface area contributed by atoms with Crippen LogP contribution in [-0.2, 0) is 38.2 Å². The fraction of sp³-hybridized carbons (Fsp3) is 0.522. The monoisotopic (exact) mass is 570 g/mol. The summed E-state index contributed by atoms with van der Waals surface area (Å²) in [6.07, 6.45) is -0.247. The van der Waals surface area contributed by atoms with Crippen LogP contribution in [0.4, 0.5) is 5.13 Å². The van der Waals surface area contributed by atoms with Gasteiger partial charge in [0.25, 0.3) is 5.91 Å². The van der Waals surface area contributed by atoms with Gasteiger partial charge in [-0.25, -0.2) is 9.67 Å². The van der Waals surface area contributed by atoms with Gasteiger partial charge in [-0.3, -0.25) is 14.7 Å². The number of tetrazole rings is 1. The van der Waals surface area contributed by atoms with Crippen LogP contribution in [0.1, 0.15) is 50.1 Å². The number of ether oxygens (including phenoxy) is 3. The van der Waals surface area contributed by atoms with Gasteiger partial charge in [0.05, 0.1) is 31.7 Å². The summed E-state index contributed by atoms with van der Waals surface area (Å²) < 4.78 is 41.8. The zero-order chi connectivity index (χ0) is 26.8. The lowest BCUT2D eigenvalue weighted by Crippen LogP contribution is -2.19. The number of carbonyl (C=O) groups excluding carboxylic acids is 1. The second kappa shape index (κ2) is 14.9. The lowest BCUT2D eigenvalue weighted by molar-refractivity contribution is 0.0914. The number of nitrogens with zero attached hydrogens (tertiary/aromatic N) is 5. The van der Waals surface area contributed by atoms with E-state index in [1.54, 1.807) is 51.6 Å². The largest absolute Gasteiger partial charge is 0.488 e. The number of aryl methyl sites for hydroxylation is 1. The summed E-state index contributed by atoms with van der Waals surface area (Å²) in [6.45, 7) is 6.31. The Morgan fingerprint density at radius 3 is 2.53 bits per heavy atom. The Morgan fingerprint density at radius 2 is 1.89 bits per heavy atom. The Labute approximate surface area is 226 Å². The minimum Gasteiger partial charge on any atom is -0.488 e. The third-order valence-corrected chi connectivity index (χ3v) is 7.56. The Morgan fingerprint density at radius 1 is 1.18 bits per heavy atom. The number of aromatic nitrogens is 5. The van der Waals surface area contributed by atoms with Gasteiger partial charge in [-0.1, -0.05) is 7.43 Å². The molecule has 3 rings (SSSR count). The molecule has 0 fully saturated rings. The minimum absolute atomic E-state index is 0. The zero-order valence-electron chi connectivity index (χ0n) is 21.4. The molecule has 15 heteroatoms. The summed E-state index contributed by atoms with van der Waals surface area (Å²) in [5.41, 5.74) is 0.788. The molecule has 0 bridgehead atoms. The van der Waals surface area contributed by atoms with Crippen molar-refractivity contribution < 1.29 is 32.6 Å². The number of anilines is 1. The highest BCUT2D eigenvalue weighted by Gasteiger charge is 2.26. The van der Waals surface area contributed by atoms with E-state index in [1.165, 1.54) is 16.0 Å². The quantitative estimate of drug-likeness (QED) is 0.260. The van der Waals surface area contributed by atoms with E-state index < -0.39 is 13.5 Å². The van der Waals surface area contributed by atoms with E-state index in [1.807, 2.05) is 6.92 Å². The zero-order valence-corrected chi connectivity index (χ0v) is 23.1. The van der Waals surface area contributed by atoms with E-state index in [-0.39, 0.29) is 39.5 Å². The first-order valence-corrected chi connectivity index (χ1v) is 14.1. The number of hydrogen-bond acceptors (Lipinski definition) is 12. The van der Waals surface area contributed by atoms with Crippen molar-refractivity contribution in [2.24, 2.45) is 7.05 Å². The van der Waals surface area contributed by atoms with Crippen LogP contribution in [0.3, 0.4) is 0 Å². The maximum absolute atomic E-state index is 13.1. The van der Waals surface area contributed by atoms with Crippen molar-refractivity contribution in [2.45, 2.75) is 47.1 Å². The lowest BCUT2D eigenvalue weighted by Gasteiger charge is -2.16. The van der Waals surface area contributed by atoms with Crippen molar-refractivity contribution in [1.29, 1.82) is 0 Å². The van der Waals surface area contributed by atoms with Gasteiger partial charge in [-0.15, -0.1) is 16.4 Å². The molecule has 0 saturated heterocycles. The van der Waals surface area contributed by atoms with Crippen LogP contribution in [0.25, 0.3) is 0 Å². The molecule has 210 valence electrons. The number of nitrogens with one attached hydrogen (secondary N) is 1. The molecule has 13 nitrogen and oxygen atoms in total. The molecule has 0 unspecified atom stereocenters. The molecule has 1 aromatic carbocycles. The number of rotatable bonds is 15. The number of benzene rings is 1. The third kappa shape index (κ3) is 9.14. The number of hydrogen-bond donors (Lipinski definition) is 1. The Bertz CT molecular complexity index is 1210. The second-order valence-corrected chi connectivity index (χ2v) is 10.7. The molecule has 0 aliphatic heterocycles. The van der Waals surface area contributed by atoms with Gasteiger partial charge >= 0.3 is 7.60 Å². The van der Waals surface area contributed by atoms with Gasteiger partial charge in [-0.2, -0.15) is 0 Å². The summed E-state index contributed by atoms with van der Waals surface area (Å²) in [5.74, 6) is 0.910. The van der Waals surface area contributed by atoms with Gasteiger partial charge in [0.1, 0.15) is 24.2 Å². The van der Waals surface area contributed by atoms with E-state index in [0.29, 0.717) is 40.3 Å². The molecular weight excluding hydrogens is 535 g/mol. The SMILES string of the molecule is C.CCOP(=O)(Cc1csc(NC(=O)c2cc(OCc3nnnn3C)cc(O[C@@H](C)COC)c2)n1)OCC. The highest BCUT2D eigenvalue weighted by atomic mass is 32.1. The summed E-state index contributed by atoms with van der Waals surface area (Å²) in [4.78, 5) is 17.5. The fourth-order valence-corrected chi connectivity index (χ4v) is 5.63. The predicted molar refractivity (Wildman–Crippen MR) is 143 cm³/mol. The molecule has 0 aliphatic carbocycles. The molecule has 0 radical (unpaired) electrons. The van der Waals surface area contributed by atoms with Gasteiger partial charge < -0.3 is 23.3 Å². The van der Waals surface area contributed by atoms with Crippen molar-refractivity contribution in [3.8, 4) is 11.5 Å². The van der Waals surface area contributed by atoms with Gasteiger partial charge in [0.2, 0.25) is 0 Å². The topological polar surface area (TPSA) is 149 Å². The predicted octanol–water partition coefficient (Wildman–Crippen LogP) is 4.31. The van der Waals surface area contributed by atoms with Crippen molar-refractivity contribution in [3.05, 3.63) is 40.7 Å². The Balaban J connectivity index is 0.00000507. The number of amides is 1. The van der Waals surface area contributed by atoms with Crippen LogP contribution in [0.5, 0.6) is 11.5 Å². The molecule has 1 amide bonds. The molecule has 2 heterocycles. The fourth-order valence-electron chi connectivity index (χ4n) is 3.20. The average molecular weight is 571 g/mol. The second-order valence-electron chi connectivity index (χ2n) is 7.79. The molecule has 1 N–H and O–H groups in total. The van der Waals surface area contributed by atoms with Crippen LogP contribution in [0.15, 0.2) is 23.6 Å². The van der Waals surface area contributed by atoms with Crippen LogP contribution >= 0.6 is 18.9 Å². The van der Waals surface area contributed by atoms with Gasteiger partial charge in [0.15, 0.2) is 11.0 Å². The van der Waals surface area contributed by atoms with Gasteiger partial charge in [0, 0.05) is 31.2 Å². The minimum atomic E-state index is -3.31. The van der Waals surface area contributed by atoms with E-state index >= 15 is 0 Å². The maximum Gasteiger partial charge on any atom is 0.336 e. The average Bonchev–Trinajstić information content (AvgIpc) is 3.45. The molecule has 3 aromatic rings. The summed E-state index contributed by atoms with van der Waals surface area (Å²) in [7, 11) is -0.0302. The van der Waals surface area contributed by atoms with Crippen molar-refractivity contribution >= 4 is 30.0 Å². The van der Waals surface area contributed by atoms with E-state index in [0.717, 1.165) is 0 Å². The molecule has 38 heavy (non-hydrogen) atoms. The molecule has 1 atom stereocenters. The molecular formula is C23H35N6O7PS. The summed E-state index contributed by atoms with van der Waals surface area (Å²) in [6, 6.07) is 4.86. The standard InChI is InChI=1S/C22H31N6O7PS.CH4/c1-6-33-36(30,34-7-2)13-17-14-37-22(23-17)24-21(29)16-8-18(32-12-20-25-26-27-28(20)4)10-19(9-16)35-15(3)11-31-5;/h8-10,14-15H,6-7,11-13H2,1-5H3,(H,23,24,29);1H4/t15-;/m0./s1. The smallest absolute Gasteiger partial charge is 0.336 e. The first kappa shape index (κ1) is 31.3. The van der Waals surface area contributed by atoms with Crippen LogP contribution in [0, 0.1) is 0 Å². The van der Waals surface area contributed by atoms with Crippen molar-refractivity contribution in [2.75, 3.05) is 32.2 Å². The van der Waals surface area contributed by atoms with Crippen LogP contribution < -0.4 is 14.8 Å². The Hall–Kier alpha value is -2.90. The Kier molecular flexibility index (Phi) is 12.3. The van der Waals surface area contributed by atoms with Crippen LogP contribution in [-0.4, -0.2) is 64.1 Å². The lowest BCUT2D eigenvalue weighted by atomic mass is 10.2. The number of methoxy groups -OCH3 is 1. The molecule has 0 aliphatic rings. The molecule has 0 saturated carbocycles. The molecule has 0 spiro atoms. The number of thiazole rings is 1. The first-order valence-electron chi connectivity index (χ1n) is 11.5. The maximum atomic E-state index is 13.1. The highest BCUT2D eigenvalue weighted by molar-refractivity contribution is 7.53. The van der Waals surface area contributed by atoms with Crippen molar-refractivity contribution in [1.82, 2.24) is 25.2 Å². The normalized spacial score (nSPS) is 12.0. The van der Waals surface area contributed by atoms with E-state index in [4.69, 9.17) is 23.3 Å². The van der Waals surface area contributed by atoms with Crippen LogP contribution in [0.2, 0.25) is 0 Å². The summed E-state index contributed by atoms with van der Waals surface area (Å²) in [5, 5.41) is 16.1. The highest BCUT2D eigenvalue weighted by Crippen LogP contribution is 2.51.